The maximum absolute atomic E-state index is 12.0. The third-order valence-electron chi connectivity index (χ3n) is 3.20. The lowest BCUT2D eigenvalue weighted by Gasteiger charge is -2.09. The summed E-state index contributed by atoms with van der Waals surface area (Å²) < 4.78 is 31.2. The molecule has 0 saturated carbocycles. The predicted octanol–water partition coefficient (Wildman–Crippen LogP) is 1.73. The summed E-state index contributed by atoms with van der Waals surface area (Å²) in [5.41, 5.74) is 1.51. The number of amides is 1. The van der Waals surface area contributed by atoms with E-state index in [-0.39, 0.29) is 5.03 Å². The van der Waals surface area contributed by atoms with Crippen LogP contribution in [0.25, 0.3) is 0 Å². The fourth-order valence-electron chi connectivity index (χ4n) is 1.94. The number of nitrogens with one attached hydrogen (secondary N) is 2. The minimum atomic E-state index is -3.99. The van der Waals surface area contributed by atoms with Crippen molar-refractivity contribution in [1.29, 1.82) is 0 Å². The zero-order chi connectivity index (χ0) is 17.0. The van der Waals surface area contributed by atoms with E-state index in [1.54, 1.807) is 19.1 Å². The standard InChI is InChI=1S/C15H19N3O4S/c1-10(2)12-4-6-13(7-5-12)22-8-14(19)18-23(20,21)15-11(3)16-9-17-15/h4-7,9-10H,8H2,1-3H3,(H,16,17)(H,18,19). The highest BCUT2D eigenvalue weighted by atomic mass is 32.2. The molecule has 7 nitrogen and oxygen atoms in total. The number of ether oxygens (including phenoxy) is 1. The first-order chi connectivity index (χ1) is 10.8. The topological polar surface area (TPSA) is 101 Å². The Bertz CT molecular complexity index is 779. The van der Waals surface area contributed by atoms with Crippen LogP contribution in [0, 0.1) is 6.92 Å². The quantitative estimate of drug-likeness (QED) is 0.836. The first-order valence-electron chi connectivity index (χ1n) is 7.08. The van der Waals surface area contributed by atoms with Crippen molar-refractivity contribution >= 4 is 15.9 Å². The average Bonchev–Trinajstić information content (AvgIpc) is 2.92. The molecule has 2 rings (SSSR count). The van der Waals surface area contributed by atoms with Crippen LogP contribution in [0.1, 0.15) is 31.0 Å². The monoisotopic (exact) mass is 337 g/mol. The summed E-state index contributed by atoms with van der Waals surface area (Å²) in [7, 11) is -3.99. The number of benzene rings is 1. The van der Waals surface area contributed by atoms with E-state index >= 15 is 0 Å². The number of H-pyrrole nitrogens is 1. The molecular weight excluding hydrogens is 318 g/mol. The van der Waals surface area contributed by atoms with Gasteiger partial charge in [-0.3, -0.25) is 4.79 Å². The zero-order valence-electron chi connectivity index (χ0n) is 13.2. The maximum atomic E-state index is 12.0. The number of aryl methyl sites for hydroxylation is 1. The molecule has 8 heteroatoms. The summed E-state index contributed by atoms with van der Waals surface area (Å²) in [6.07, 6.45) is 1.25. The number of sulfonamides is 1. The molecule has 0 aliphatic rings. The third-order valence-corrected chi connectivity index (χ3v) is 4.62. The second kappa shape index (κ2) is 6.82. The lowest BCUT2D eigenvalue weighted by Crippen LogP contribution is -2.34. The van der Waals surface area contributed by atoms with Gasteiger partial charge in [-0.25, -0.2) is 9.71 Å². The Hall–Kier alpha value is -2.35. The van der Waals surface area contributed by atoms with Gasteiger partial charge in [0.05, 0.1) is 12.0 Å². The molecule has 23 heavy (non-hydrogen) atoms. The van der Waals surface area contributed by atoms with Crippen LogP contribution in [0.4, 0.5) is 0 Å². The summed E-state index contributed by atoms with van der Waals surface area (Å²) in [5.74, 6) is 0.132. The Morgan fingerprint density at radius 2 is 1.96 bits per heavy atom. The van der Waals surface area contributed by atoms with E-state index in [1.165, 1.54) is 6.33 Å². The maximum Gasteiger partial charge on any atom is 0.283 e. The average molecular weight is 337 g/mol. The third kappa shape index (κ3) is 4.32. The number of nitrogens with zero attached hydrogens (tertiary/aromatic N) is 1. The SMILES string of the molecule is Cc1[nH]cnc1S(=O)(=O)NC(=O)COc1ccc(C(C)C)cc1. The van der Waals surface area contributed by atoms with Crippen LogP contribution in [-0.4, -0.2) is 30.9 Å². The Labute approximate surface area is 135 Å². The zero-order valence-corrected chi connectivity index (χ0v) is 14.0. The van der Waals surface area contributed by atoms with E-state index in [2.05, 4.69) is 23.8 Å². The summed E-state index contributed by atoms with van der Waals surface area (Å²) in [6, 6.07) is 7.30. The molecule has 0 aliphatic heterocycles. The highest BCUT2D eigenvalue weighted by molar-refractivity contribution is 7.90. The molecule has 2 N–H and O–H groups in total. The minimum Gasteiger partial charge on any atom is -0.484 e. The fourth-order valence-corrected chi connectivity index (χ4v) is 3.05. The van der Waals surface area contributed by atoms with Crippen molar-refractivity contribution in [3.63, 3.8) is 0 Å². The lowest BCUT2D eigenvalue weighted by atomic mass is 10.0. The van der Waals surface area contributed by atoms with Crippen molar-refractivity contribution in [2.24, 2.45) is 0 Å². The van der Waals surface area contributed by atoms with Crippen LogP contribution in [0.5, 0.6) is 5.75 Å². The van der Waals surface area contributed by atoms with Gasteiger partial charge in [-0.1, -0.05) is 26.0 Å². The molecule has 1 heterocycles. The van der Waals surface area contributed by atoms with E-state index < -0.39 is 22.5 Å². The molecule has 0 radical (unpaired) electrons. The highest BCUT2D eigenvalue weighted by Gasteiger charge is 2.22. The second-order valence-corrected chi connectivity index (χ2v) is 6.97. The van der Waals surface area contributed by atoms with Crippen molar-refractivity contribution in [2.45, 2.75) is 31.7 Å². The largest absolute Gasteiger partial charge is 0.484 e. The molecule has 1 aromatic carbocycles. The molecule has 0 unspecified atom stereocenters. The van der Waals surface area contributed by atoms with Crippen molar-refractivity contribution < 1.29 is 17.9 Å². The molecule has 124 valence electrons. The van der Waals surface area contributed by atoms with Gasteiger partial charge in [0.2, 0.25) is 0 Å². The Balaban J connectivity index is 1.94. The Kier molecular flexibility index (Phi) is 5.05. The van der Waals surface area contributed by atoms with Crippen molar-refractivity contribution in [3.8, 4) is 5.75 Å². The molecule has 0 bridgehead atoms. The highest BCUT2D eigenvalue weighted by Crippen LogP contribution is 2.18. The van der Waals surface area contributed by atoms with Gasteiger partial charge in [-0.05, 0) is 30.5 Å². The van der Waals surface area contributed by atoms with E-state index in [1.807, 2.05) is 16.9 Å². The number of aromatic amines is 1. The van der Waals surface area contributed by atoms with E-state index in [0.29, 0.717) is 17.4 Å². The molecule has 0 atom stereocenters. The van der Waals surface area contributed by atoms with Crippen LogP contribution < -0.4 is 9.46 Å². The van der Waals surface area contributed by atoms with Crippen LogP contribution in [0.3, 0.4) is 0 Å². The fraction of sp³-hybridized carbons (Fsp3) is 0.333. The molecule has 0 spiro atoms. The number of hydrogen-bond acceptors (Lipinski definition) is 5. The molecule has 1 aromatic heterocycles. The van der Waals surface area contributed by atoms with Gasteiger partial charge in [-0.2, -0.15) is 8.42 Å². The van der Waals surface area contributed by atoms with Crippen LogP contribution >= 0.6 is 0 Å². The van der Waals surface area contributed by atoms with Crippen LogP contribution in [0.15, 0.2) is 35.6 Å². The summed E-state index contributed by atoms with van der Waals surface area (Å²) >= 11 is 0. The van der Waals surface area contributed by atoms with Crippen molar-refractivity contribution in [1.82, 2.24) is 14.7 Å². The second-order valence-electron chi connectivity index (χ2n) is 5.37. The number of aromatic nitrogens is 2. The predicted molar refractivity (Wildman–Crippen MR) is 84.7 cm³/mol. The minimum absolute atomic E-state index is 0.202. The smallest absolute Gasteiger partial charge is 0.283 e. The van der Waals surface area contributed by atoms with Gasteiger partial charge in [0.1, 0.15) is 5.75 Å². The molecule has 0 saturated heterocycles. The summed E-state index contributed by atoms with van der Waals surface area (Å²) in [5, 5.41) is -0.202. The Morgan fingerprint density at radius 3 is 2.48 bits per heavy atom. The van der Waals surface area contributed by atoms with Crippen molar-refractivity contribution in [2.75, 3.05) is 6.61 Å². The number of carbonyl (C=O) groups is 1. The normalized spacial score (nSPS) is 11.5. The number of imidazole rings is 1. The lowest BCUT2D eigenvalue weighted by molar-refractivity contribution is -0.121. The summed E-state index contributed by atoms with van der Waals surface area (Å²) in [6.45, 7) is 5.30. The molecule has 2 aromatic rings. The molecule has 1 amide bonds. The van der Waals surface area contributed by atoms with Gasteiger partial charge in [-0.15, -0.1) is 0 Å². The first-order valence-corrected chi connectivity index (χ1v) is 8.56. The summed E-state index contributed by atoms with van der Waals surface area (Å²) in [4.78, 5) is 18.1. The number of hydrogen-bond donors (Lipinski definition) is 2. The molecule has 0 aliphatic carbocycles. The van der Waals surface area contributed by atoms with Gasteiger partial charge in [0.25, 0.3) is 15.9 Å². The van der Waals surface area contributed by atoms with E-state index in [0.717, 1.165) is 5.56 Å². The van der Waals surface area contributed by atoms with Gasteiger partial charge < -0.3 is 9.72 Å². The molecule has 0 fully saturated rings. The van der Waals surface area contributed by atoms with E-state index in [4.69, 9.17) is 4.74 Å². The van der Waals surface area contributed by atoms with Gasteiger partial charge in [0, 0.05) is 0 Å². The van der Waals surface area contributed by atoms with Crippen molar-refractivity contribution in [3.05, 3.63) is 41.9 Å². The first kappa shape index (κ1) is 17.0. The Morgan fingerprint density at radius 1 is 1.30 bits per heavy atom. The van der Waals surface area contributed by atoms with E-state index in [9.17, 15) is 13.2 Å². The number of carbonyl (C=O) groups excluding carboxylic acids is 1. The van der Waals surface area contributed by atoms with Crippen LogP contribution in [-0.2, 0) is 14.8 Å². The van der Waals surface area contributed by atoms with Crippen LogP contribution in [0.2, 0.25) is 0 Å². The molecular formula is C15H19N3O4S. The van der Waals surface area contributed by atoms with Gasteiger partial charge in [0.15, 0.2) is 11.6 Å². The number of rotatable bonds is 6. The van der Waals surface area contributed by atoms with Gasteiger partial charge >= 0.3 is 0 Å².